The molecule has 0 amide bonds. The number of esters is 3. The molecule has 17 N–H and O–H groups in total. The number of carboxylic acid groups (broad SMARTS) is 1. The lowest BCUT2D eigenvalue weighted by Crippen LogP contribution is -2.63. The van der Waals surface area contributed by atoms with Gasteiger partial charge in [0.2, 0.25) is 0 Å². The van der Waals surface area contributed by atoms with E-state index in [1.165, 1.54) is 0 Å². The topological polar surface area (TPSA) is 523 Å². The fraction of sp³-hybridized carbons (Fsp3) is 0.929. The van der Waals surface area contributed by atoms with Crippen LogP contribution in [0.3, 0.4) is 0 Å². The lowest BCUT2D eigenvalue weighted by atomic mass is 9.72. The third-order valence-corrected chi connectivity index (χ3v) is 19.1. The van der Waals surface area contributed by atoms with Gasteiger partial charge in [-0.15, -0.1) is 0 Å². The minimum absolute atomic E-state index is 0.0128. The Kier molecular flexibility index (Phi) is 24.4. The minimum Gasteiger partial charge on any atom is -0.481 e. The lowest BCUT2D eigenvalue weighted by Gasteiger charge is -2.52. The van der Waals surface area contributed by atoms with Crippen molar-refractivity contribution in [3.63, 3.8) is 0 Å². The molecule has 4 aliphatic carbocycles. The van der Waals surface area contributed by atoms with Crippen LogP contribution < -0.4 is 0 Å². The number of aliphatic hydroxyl groups is 16. The van der Waals surface area contributed by atoms with Crippen molar-refractivity contribution < 1.29 is 163 Å². The van der Waals surface area contributed by atoms with Crippen LogP contribution >= 0.6 is 0 Å². The van der Waals surface area contributed by atoms with E-state index in [2.05, 4.69) is 0 Å². The number of hydrogen-bond acceptors (Lipinski definition) is 32. The molecule has 510 valence electrons. The minimum atomic E-state index is -1.97. The monoisotopic (exact) mass is 1290 g/mol. The van der Waals surface area contributed by atoms with E-state index in [1.807, 2.05) is 0 Å². The van der Waals surface area contributed by atoms with Crippen LogP contribution in [0, 0.1) is 23.7 Å². The van der Waals surface area contributed by atoms with Crippen LogP contribution in [0.25, 0.3) is 0 Å². The quantitative estimate of drug-likeness (QED) is 0.0306. The van der Waals surface area contributed by atoms with E-state index in [4.69, 9.17) is 61.9 Å². The van der Waals surface area contributed by atoms with Gasteiger partial charge in [-0.1, -0.05) is 0 Å². The van der Waals surface area contributed by atoms with Gasteiger partial charge in [0.05, 0.1) is 73.4 Å². The largest absolute Gasteiger partial charge is 0.481 e. The van der Waals surface area contributed by atoms with Gasteiger partial charge in [0.1, 0.15) is 124 Å². The summed E-state index contributed by atoms with van der Waals surface area (Å²) in [6, 6.07) is 0. The van der Waals surface area contributed by atoms with Gasteiger partial charge in [-0.3, -0.25) is 19.2 Å². The molecule has 5 heterocycles. The molecular formula is C56H88O33. The maximum absolute atomic E-state index is 13.4. The summed E-state index contributed by atoms with van der Waals surface area (Å²) in [5.74, 6) is -6.66. The Hall–Kier alpha value is -3.12. The van der Waals surface area contributed by atoms with E-state index in [0.29, 0.717) is 25.7 Å². The smallest absolute Gasteiger partial charge is 0.317 e. The number of ether oxygens (including phenoxy) is 12. The number of aliphatic carboxylic acids is 1. The zero-order valence-corrected chi connectivity index (χ0v) is 48.6. The highest BCUT2D eigenvalue weighted by Crippen LogP contribution is 2.46. The predicted molar refractivity (Wildman–Crippen MR) is 284 cm³/mol. The van der Waals surface area contributed by atoms with Gasteiger partial charge >= 0.3 is 23.9 Å². The van der Waals surface area contributed by atoms with Crippen LogP contribution in [-0.4, -0.2) is 315 Å². The Bertz CT molecular complexity index is 2290. The summed E-state index contributed by atoms with van der Waals surface area (Å²) in [6.07, 6.45) is -41.4. The molecule has 29 unspecified atom stereocenters. The van der Waals surface area contributed by atoms with Crippen molar-refractivity contribution >= 4 is 23.9 Å². The van der Waals surface area contributed by atoms with Crippen molar-refractivity contribution in [1.82, 2.24) is 0 Å². The second-order valence-corrected chi connectivity index (χ2v) is 25.2. The van der Waals surface area contributed by atoms with Crippen LogP contribution in [0.4, 0.5) is 0 Å². The SMILES string of the molecule is O=C(O)CC(=O)OCC1OC(OC2CC3C(O)CC(OC4OC(COC(=O)C5CCC(OC6OC(CO)C(O)C(O)C6O)CC5)C(O)C(O)C4O)CC3OC2C2CCC(O)C(OC3OC(COC(=O)C4CCC(O)CC4)C(O)C(O)C3O)C2)C(O)C(O)C1O. The maximum Gasteiger partial charge on any atom is 0.317 e. The number of carboxylic acids is 1. The van der Waals surface area contributed by atoms with Gasteiger partial charge in [0.25, 0.3) is 0 Å². The van der Waals surface area contributed by atoms with Crippen LogP contribution in [-0.2, 0) is 76.0 Å². The number of fused-ring (bicyclic) bond motifs is 1. The van der Waals surface area contributed by atoms with Crippen LogP contribution in [0.5, 0.6) is 0 Å². The predicted octanol–water partition coefficient (Wildman–Crippen LogP) is -7.32. The van der Waals surface area contributed by atoms with Crippen molar-refractivity contribution in [3.05, 3.63) is 0 Å². The number of hydrogen-bond donors (Lipinski definition) is 17. The summed E-state index contributed by atoms with van der Waals surface area (Å²) in [7, 11) is 0. The molecule has 89 heavy (non-hydrogen) atoms. The van der Waals surface area contributed by atoms with E-state index < -0.39 is 258 Å². The maximum atomic E-state index is 13.4. The van der Waals surface area contributed by atoms with Crippen LogP contribution in [0.15, 0.2) is 0 Å². The van der Waals surface area contributed by atoms with E-state index in [9.17, 15) is 101 Å². The molecule has 29 atom stereocenters. The molecule has 9 rings (SSSR count). The highest BCUT2D eigenvalue weighted by Gasteiger charge is 2.56. The van der Waals surface area contributed by atoms with Crippen molar-refractivity contribution in [1.29, 1.82) is 0 Å². The molecule has 5 aliphatic heterocycles. The molecule has 4 saturated carbocycles. The fourth-order valence-corrected chi connectivity index (χ4v) is 13.7. The molecule has 9 aliphatic rings. The molecule has 0 radical (unpaired) electrons. The molecule has 0 bridgehead atoms. The molecule has 9 fully saturated rings. The molecule has 0 aromatic heterocycles. The average molecular weight is 1290 g/mol. The second-order valence-electron chi connectivity index (χ2n) is 25.2. The average Bonchev–Trinajstić information content (AvgIpc) is 0.940. The first-order chi connectivity index (χ1) is 42.3. The summed E-state index contributed by atoms with van der Waals surface area (Å²) >= 11 is 0. The van der Waals surface area contributed by atoms with Gasteiger partial charge in [-0.05, 0) is 83.0 Å². The number of aliphatic hydroxyl groups excluding tert-OH is 16. The molecule has 33 heteroatoms. The Balaban J connectivity index is 0.852. The summed E-state index contributed by atoms with van der Waals surface area (Å²) in [5, 5.41) is 182. The van der Waals surface area contributed by atoms with Crippen molar-refractivity contribution in [2.45, 2.75) is 274 Å². The van der Waals surface area contributed by atoms with Gasteiger partial charge in [0, 0.05) is 18.8 Å². The summed E-state index contributed by atoms with van der Waals surface area (Å²) in [4.78, 5) is 49.5. The third-order valence-electron chi connectivity index (χ3n) is 19.1. The molecular weight excluding hydrogens is 1200 g/mol. The molecule has 33 nitrogen and oxygen atoms in total. The fourth-order valence-electron chi connectivity index (χ4n) is 13.7. The Morgan fingerprint density at radius 3 is 1.33 bits per heavy atom. The molecule has 0 spiro atoms. The van der Waals surface area contributed by atoms with E-state index in [0.717, 1.165) is 0 Å². The highest BCUT2D eigenvalue weighted by atomic mass is 16.7. The number of carbonyl (C=O) groups excluding carboxylic acids is 3. The van der Waals surface area contributed by atoms with Gasteiger partial charge in [-0.2, -0.15) is 0 Å². The zero-order chi connectivity index (χ0) is 64.3. The molecule has 0 aromatic rings. The second kappa shape index (κ2) is 31.0. The first-order valence-electron chi connectivity index (χ1n) is 30.7. The Morgan fingerprint density at radius 2 is 0.831 bits per heavy atom. The third kappa shape index (κ3) is 16.7. The van der Waals surface area contributed by atoms with Crippen LogP contribution in [0.1, 0.15) is 96.3 Å². The first kappa shape index (κ1) is 70.2. The lowest BCUT2D eigenvalue weighted by molar-refractivity contribution is -0.341. The first-order valence-corrected chi connectivity index (χ1v) is 30.7. The van der Waals surface area contributed by atoms with Crippen LogP contribution in [0.2, 0.25) is 0 Å². The summed E-state index contributed by atoms with van der Waals surface area (Å²) in [5.41, 5.74) is 0. The van der Waals surface area contributed by atoms with E-state index >= 15 is 0 Å². The summed E-state index contributed by atoms with van der Waals surface area (Å²) < 4.78 is 70.5. The Labute approximate surface area is 509 Å². The highest BCUT2D eigenvalue weighted by molar-refractivity contribution is 5.90. The van der Waals surface area contributed by atoms with Gasteiger partial charge in [0.15, 0.2) is 25.2 Å². The summed E-state index contributed by atoms with van der Waals surface area (Å²) in [6.45, 7) is -2.57. The Morgan fingerprint density at radius 1 is 0.393 bits per heavy atom. The van der Waals surface area contributed by atoms with Crippen molar-refractivity contribution in [2.24, 2.45) is 23.7 Å². The zero-order valence-electron chi connectivity index (χ0n) is 48.6. The van der Waals surface area contributed by atoms with Crippen molar-refractivity contribution in [2.75, 3.05) is 26.4 Å². The molecule has 5 saturated heterocycles. The van der Waals surface area contributed by atoms with E-state index in [1.54, 1.807) is 0 Å². The normalized spacial score (nSPS) is 48.1. The standard InChI is InChI=1S/C56H88O33/c57-16-32-38(64)42(68)46(72)53(86-32)81-24-8-3-21(4-9-24)52(77)80-18-34-40(66)43(69)47(73)54(87-34)82-25-12-28(60)26-14-31(85-56-49(75)44(70)39(65)33(88-56)17-78-37(63)15-36(61)62)50(83-29(26)13-25)22-5-10-27(59)30(11-22)84-55-48(74)45(71)41(67)35(89-55)19-79-51(76)20-1-6-23(58)7-2-20/h20-35,38-50,53-60,64-75H,1-19H2,(H,61,62). The molecule has 0 aromatic carbocycles. The van der Waals surface area contributed by atoms with Gasteiger partial charge in [-0.25, -0.2) is 0 Å². The van der Waals surface area contributed by atoms with Crippen molar-refractivity contribution in [3.8, 4) is 0 Å². The van der Waals surface area contributed by atoms with E-state index in [-0.39, 0.29) is 64.2 Å². The number of rotatable bonds is 20. The van der Waals surface area contributed by atoms with Gasteiger partial charge < -0.3 is 144 Å². The number of carbonyl (C=O) groups is 4.